The molecule has 48 heavy (non-hydrogen) atoms. The predicted molar refractivity (Wildman–Crippen MR) is 200 cm³/mol. The second-order valence-electron chi connectivity index (χ2n) is 13.6. The van der Waals surface area contributed by atoms with Crippen LogP contribution in [-0.2, 0) is 28.6 Å². The lowest BCUT2D eigenvalue weighted by atomic mass is 10.0. The number of esters is 3. The number of rotatable bonds is 35. The summed E-state index contributed by atoms with van der Waals surface area (Å²) in [4.78, 5) is 37.9. The first-order valence-corrected chi connectivity index (χ1v) is 19.8. The Morgan fingerprint density at radius 3 is 1.35 bits per heavy atom. The maximum Gasteiger partial charge on any atom is 0.306 e. The summed E-state index contributed by atoms with van der Waals surface area (Å²) in [6, 6.07) is 0. The van der Waals surface area contributed by atoms with E-state index in [4.69, 9.17) is 14.2 Å². The molecule has 7 heteroatoms. The highest BCUT2D eigenvalue weighted by Crippen LogP contribution is 2.18. The van der Waals surface area contributed by atoms with Gasteiger partial charge in [-0.05, 0) is 104 Å². The fourth-order valence-electron chi connectivity index (χ4n) is 5.41. The third-order valence-corrected chi connectivity index (χ3v) is 8.46. The molecule has 0 aromatic carbocycles. The standard InChI is InChI=1S/C41H75NO6/c1-5-7-36-46-39(43)32-27-23-19-15-11-9-13-17-21-25-30-38(48-41(45)34-29-35-42(3)4)31-26-22-18-14-10-12-16-20-24-28-33-40(44)47-37-8-6-2/h19-20,23-24,38H,5-18,21-22,25-37H2,1-4H3/b23-19-,24-20-. The van der Waals surface area contributed by atoms with E-state index in [0.29, 0.717) is 32.5 Å². The minimum atomic E-state index is -0.0860. The summed E-state index contributed by atoms with van der Waals surface area (Å²) in [5.41, 5.74) is 0. The van der Waals surface area contributed by atoms with Gasteiger partial charge >= 0.3 is 17.9 Å². The van der Waals surface area contributed by atoms with Gasteiger partial charge in [-0.1, -0.05) is 102 Å². The molecule has 7 nitrogen and oxygen atoms in total. The highest BCUT2D eigenvalue weighted by molar-refractivity contribution is 5.70. The second kappa shape index (κ2) is 36.1. The molecule has 0 aliphatic carbocycles. The van der Waals surface area contributed by atoms with Crippen LogP contribution < -0.4 is 0 Å². The van der Waals surface area contributed by atoms with E-state index >= 15 is 0 Å². The molecule has 0 atom stereocenters. The molecular weight excluding hydrogens is 602 g/mol. The summed E-state index contributed by atoms with van der Waals surface area (Å²) in [7, 11) is 4.07. The fourth-order valence-corrected chi connectivity index (χ4v) is 5.41. The average Bonchev–Trinajstić information content (AvgIpc) is 3.05. The molecule has 0 radical (unpaired) electrons. The zero-order valence-corrected chi connectivity index (χ0v) is 31.8. The predicted octanol–water partition coefficient (Wildman–Crippen LogP) is 10.8. The molecule has 0 fully saturated rings. The van der Waals surface area contributed by atoms with Crippen LogP contribution in [-0.4, -0.2) is 62.8 Å². The molecule has 0 aromatic rings. The molecule has 0 amide bonds. The highest BCUT2D eigenvalue weighted by atomic mass is 16.5. The van der Waals surface area contributed by atoms with Crippen LogP contribution in [0, 0.1) is 0 Å². The maximum absolute atomic E-state index is 12.5. The summed E-state index contributed by atoms with van der Waals surface area (Å²) < 4.78 is 16.3. The van der Waals surface area contributed by atoms with Crippen molar-refractivity contribution >= 4 is 17.9 Å². The van der Waals surface area contributed by atoms with E-state index in [2.05, 4.69) is 43.1 Å². The summed E-state index contributed by atoms with van der Waals surface area (Å²) >= 11 is 0. The molecule has 0 heterocycles. The van der Waals surface area contributed by atoms with E-state index in [1.807, 2.05) is 14.1 Å². The smallest absolute Gasteiger partial charge is 0.306 e. The van der Waals surface area contributed by atoms with Crippen molar-refractivity contribution in [2.75, 3.05) is 33.9 Å². The van der Waals surface area contributed by atoms with E-state index in [-0.39, 0.29) is 24.0 Å². The number of hydrogen-bond donors (Lipinski definition) is 0. The third-order valence-electron chi connectivity index (χ3n) is 8.46. The first kappa shape index (κ1) is 45.9. The van der Waals surface area contributed by atoms with Crippen LogP contribution >= 0.6 is 0 Å². The van der Waals surface area contributed by atoms with Gasteiger partial charge in [0.1, 0.15) is 6.10 Å². The Morgan fingerprint density at radius 1 is 0.500 bits per heavy atom. The summed E-state index contributed by atoms with van der Waals surface area (Å²) in [5.74, 6) is -0.209. The maximum atomic E-state index is 12.5. The molecule has 0 N–H and O–H groups in total. The minimum absolute atomic E-state index is 0.0373. The molecule has 0 rings (SSSR count). The molecule has 0 saturated heterocycles. The lowest BCUT2D eigenvalue weighted by Gasteiger charge is -2.18. The van der Waals surface area contributed by atoms with Crippen LogP contribution in [0.4, 0.5) is 0 Å². The zero-order chi connectivity index (χ0) is 35.3. The van der Waals surface area contributed by atoms with Crippen molar-refractivity contribution < 1.29 is 28.6 Å². The van der Waals surface area contributed by atoms with Gasteiger partial charge in [-0.25, -0.2) is 0 Å². The van der Waals surface area contributed by atoms with Gasteiger partial charge in [-0.3, -0.25) is 14.4 Å². The lowest BCUT2D eigenvalue weighted by molar-refractivity contribution is -0.150. The summed E-state index contributed by atoms with van der Waals surface area (Å²) in [6.45, 7) is 6.19. The van der Waals surface area contributed by atoms with Crippen LogP contribution in [0.2, 0.25) is 0 Å². The van der Waals surface area contributed by atoms with E-state index in [9.17, 15) is 14.4 Å². The van der Waals surface area contributed by atoms with Crippen molar-refractivity contribution in [2.24, 2.45) is 0 Å². The minimum Gasteiger partial charge on any atom is -0.466 e. The van der Waals surface area contributed by atoms with Gasteiger partial charge in [-0.15, -0.1) is 0 Å². The van der Waals surface area contributed by atoms with Crippen LogP contribution in [0.15, 0.2) is 24.3 Å². The number of unbranched alkanes of at least 4 members (excludes halogenated alkanes) is 14. The van der Waals surface area contributed by atoms with E-state index in [1.165, 1.54) is 64.2 Å². The molecule has 0 spiro atoms. The Morgan fingerprint density at radius 2 is 0.917 bits per heavy atom. The highest BCUT2D eigenvalue weighted by Gasteiger charge is 2.14. The van der Waals surface area contributed by atoms with Gasteiger partial charge in [0.15, 0.2) is 0 Å². The monoisotopic (exact) mass is 678 g/mol. The van der Waals surface area contributed by atoms with E-state index < -0.39 is 0 Å². The summed E-state index contributed by atoms with van der Waals surface area (Å²) in [5, 5.41) is 0. The Bertz CT molecular complexity index is 757. The Kier molecular flexibility index (Phi) is 34.5. The van der Waals surface area contributed by atoms with Gasteiger partial charge in [0.2, 0.25) is 0 Å². The third kappa shape index (κ3) is 35.2. The van der Waals surface area contributed by atoms with Gasteiger partial charge < -0.3 is 19.1 Å². The lowest BCUT2D eigenvalue weighted by Crippen LogP contribution is -2.20. The largest absolute Gasteiger partial charge is 0.466 e. The SMILES string of the molecule is CCCCOC(=O)CC/C=C\CCCCCCCCC(CCCCCCCC/C=C\CCC(=O)OCCCC)OC(=O)CCCN(C)C. The normalized spacial score (nSPS) is 11.7. The van der Waals surface area contributed by atoms with Gasteiger partial charge in [-0.2, -0.15) is 0 Å². The Labute approximate surface area is 296 Å². The van der Waals surface area contributed by atoms with Crippen molar-refractivity contribution in [1.29, 1.82) is 0 Å². The Hall–Kier alpha value is -2.15. The van der Waals surface area contributed by atoms with Gasteiger partial charge in [0.25, 0.3) is 0 Å². The number of allylic oxidation sites excluding steroid dienone is 4. The van der Waals surface area contributed by atoms with Crippen molar-refractivity contribution in [3.05, 3.63) is 24.3 Å². The van der Waals surface area contributed by atoms with Crippen LogP contribution in [0.1, 0.15) is 181 Å². The van der Waals surface area contributed by atoms with E-state index in [0.717, 1.165) is 90.0 Å². The van der Waals surface area contributed by atoms with Crippen LogP contribution in [0.3, 0.4) is 0 Å². The van der Waals surface area contributed by atoms with Gasteiger partial charge in [0.05, 0.1) is 13.2 Å². The molecule has 280 valence electrons. The number of nitrogens with zero attached hydrogens (tertiary/aromatic N) is 1. The summed E-state index contributed by atoms with van der Waals surface area (Å²) in [6.07, 6.45) is 35.1. The number of hydrogen-bond acceptors (Lipinski definition) is 7. The van der Waals surface area contributed by atoms with Crippen molar-refractivity contribution in [3.8, 4) is 0 Å². The van der Waals surface area contributed by atoms with Crippen LogP contribution in [0.5, 0.6) is 0 Å². The van der Waals surface area contributed by atoms with Gasteiger partial charge in [0, 0.05) is 19.3 Å². The average molecular weight is 678 g/mol. The molecule has 0 saturated carbocycles. The second-order valence-corrected chi connectivity index (χ2v) is 13.6. The van der Waals surface area contributed by atoms with Crippen molar-refractivity contribution in [1.82, 2.24) is 4.90 Å². The number of ether oxygens (including phenoxy) is 3. The quantitative estimate of drug-likeness (QED) is 0.0286. The number of carbonyl (C=O) groups excluding carboxylic acids is 3. The number of carbonyl (C=O) groups is 3. The fraction of sp³-hybridized carbons (Fsp3) is 0.829. The topological polar surface area (TPSA) is 82.1 Å². The molecular formula is C41H75NO6. The van der Waals surface area contributed by atoms with E-state index in [1.54, 1.807) is 0 Å². The molecule has 0 unspecified atom stereocenters. The van der Waals surface area contributed by atoms with Crippen molar-refractivity contribution in [2.45, 2.75) is 187 Å². The molecule has 0 aliphatic heterocycles. The zero-order valence-electron chi connectivity index (χ0n) is 31.8. The molecule has 0 bridgehead atoms. The molecule has 0 aliphatic rings. The Balaban J connectivity index is 4.04. The first-order chi connectivity index (χ1) is 23.4. The first-order valence-electron chi connectivity index (χ1n) is 19.8. The van der Waals surface area contributed by atoms with Crippen molar-refractivity contribution in [3.63, 3.8) is 0 Å². The van der Waals surface area contributed by atoms with Crippen LogP contribution in [0.25, 0.3) is 0 Å². The molecule has 0 aromatic heterocycles.